The summed E-state index contributed by atoms with van der Waals surface area (Å²) in [5, 5.41) is 0. The van der Waals surface area contributed by atoms with Gasteiger partial charge in [0.1, 0.15) is 5.82 Å². The topological polar surface area (TPSA) is 56.8 Å². The van der Waals surface area contributed by atoms with E-state index < -0.39 is 11.7 Å². The van der Waals surface area contributed by atoms with E-state index in [-0.39, 0.29) is 47.9 Å². The molecule has 2 saturated heterocycles. The Hall–Kier alpha value is -2.39. The maximum atomic E-state index is 13.1. The summed E-state index contributed by atoms with van der Waals surface area (Å²) in [6.07, 6.45) is 6.94. The Morgan fingerprint density at radius 1 is 0.806 bits per heavy atom. The minimum atomic E-state index is -4.38. The van der Waals surface area contributed by atoms with Gasteiger partial charge in [-0.1, -0.05) is 24.3 Å². The molecule has 6 unspecified atom stereocenters. The molecule has 3 fully saturated rings. The van der Waals surface area contributed by atoms with Gasteiger partial charge in [-0.15, -0.1) is 12.4 Å². The highest BCUT2D eigenvalue weighted by Crippen LogP contribution is 2.58. The average Bonchev–Trinajstić information content (AvgIpc) is 3.08. The van der Waals surface area contributed by atoms with Gasteiger partial charge in [-0.05, 0) is 55.2 Å². The van der Waals surface area contributed by atoms with Crippen molar-refractivity contribution in [2.24, 2.45) is 35.5 Å². The van der Waals surface area contributed by atoms with Crippen molar-refractivity contribution in [1.82, 2.24) is 14.8 Å². The number of likely N-dealkylation sites (tertiary alicyclic amines) is 1. The fourth-order valence-corrected chi connectivity index (χ4v) is 6.72. The van der Waals surface area contributed by atoms with Crippen molar-refractivity contribution in [3.63, 3.8) is 0 Å². The molecule has 36 heavy (non-hydrogen) atoms. The molecule has 6 nitrogen and oxygen atoms in total. The molecule has 2 amide bonds. The zero-order valence-electron chi connectivity index (χ0n) is 19.8. The van der Waals surface area contributed by atoms with E-state index in [2.05, 4.69) is 34.2 Å². The number of anilines is 1. The minimum Gasteiger partial charge on any atom is -0.354 e. The van der Waals surface area contributed by atoms with Gasteiger partial charge < -0.3 is 4.90 Å². The number of hydrogen-bond donors (Lipinski definition) is 0. The first-order valence-electron chi connectivity index (χ1n) is 12.6. The second-order valence-corrected chi connectivity index (χ2v) is 10.4. The lowest BCUT2D eigenvalue weighted by Crippen LogP contribution is -2.50. The van der Waals surface area contributed by atoms with Crippen molar-refractivity contribution in [3.8, 4) is 0 Å². The van der Waals surface area contributed by atoms with E-state index in [0.717, 1.165) is 44.7 Å². The SMILES string of the molecule is Cl.O=C1C2C3C=CC(C4C=CC43)C2C(=O)N1CCCCN1CCN(c2ccc(C(F)(F)F)cn2)CC1. The lowest BCUT2D eigenvalue weighted by molar-refractivity contribution is -0.140. The number of allylic oxidation sites excluding steroid dienone is 4. The number of alkyl halides is 3. The van der Waals surface area contributed by atoms with Gasteiger partial charge in [-0.25, -0.2) is 4.98 Å². The number of carbonyl (C=O) groups is 2. The van der Waals surface area contributed by atoms with Crippen LogP contribution in [0.15, 0.2) is 42.6 Å². The van der Waals surface area contributed by atoms with Crippen LogP contribution < -0.4 is 4.90 Å². The number of rotatable bonds is 6. The van der Waals surface area contributed by atoms with E-state index in [0.29, 0.717) is 37.3 Å². The van der Waals surface area contributed by atoms with Gasteiger partial charge >= 0.3 is 6.18 Å². The Morgan fingerprint density at radius 2 is 1.36 bits per heavy atom. The fraction of sp³-hybridized carbons (Fsp3) is 0.577. The number of piperazine rings is 1. The van der Waals surface area contributed by atoms with Gasteiger partial charge in [0.15, 0.2) is 0 Å². The van der Waals surface area contributed by atoms with Crippen LogP contribution in [0, 0.1) is 35.5 Å². The summed E-state index contributed by atoms with van der Waals surface area (Å²) < 4.78 is 38.2. The van der Waals surface area contributed by atoms with E-state index in [1.807, 2.05) is 4.90 Å². The summed E-state index contributed by atoms with van der Waals surface area (Å²) in [5.74, 6) is 1.49. The zero-order chi connectivity index (χ0) is 24.3. The van der Waals surface area contributed by atoms with E-state index in [9.17, 15) is 22.8 Å². The number of carbonyl (C=O) groups excluding carboxylic acids is 2. The van der Waals surface area contributed by atoms with Gasteiger partial charge in [-0.2, -0.15) is 13.2 Å². The van der Waals surface area contributed by atoms with Crippen LogP contribution in [0.1, 0.15) is 18.4 Å². The molecule has 2 bridgehead atoms. The number of pyridine rings is 1. The Labute approximate surface area is 214 Å². The van der Waals surface area contributed by atoms with Crippen molar-refractivity contribution >= 4 is 30.0 Å². The van der Waals surface area contributed by atoms with Gasteiger partial charge in [0.2, 0.25) is 11.8 Å². The van der Waals surface area contributed by atoms with Crippen molar-refractivity contribution in [2.75, 3.05) is 44.2 Å². The third-order valence-electron chi connectivity index (χ3n) is 8.64. The largest absolute Gasteiger partial charge is 0.417 e. The number of hydrogen-bond acceptors (Lipinski definition) is 5. The molecule has 2 aliphatic heterocycles. The third-order valence-corrected chi connectivity index (χ3v) is 8.64. The Balaban J connectivity index is 0.00000267. The van der Waals surface area contributed by atoms with Gasteiger partial charge in [0, 0.05) is 38.9 Å². The van der Waals surface area contributed by atoms with E-state index in [1.54, 1.807) is 0 Å². The van der Waals surface area contributed by atoms with Crippen molar-refractivity contribution in [3.05, 3.63) is 48.2 Å². The predicted molar refractivity (Wildman–Crippen MR) is 130 cm³/mol. The Morgan fingerprint density at radius 3 is 1.86 bits per heavy atom. The molecule has 6 atom stereocenters. The number of aromatic nitrogens is 1. The number of imide groups is 1. The highest BCUT2D eigenvalue weighted by molar-refractivity contribution is 6.06. The smallest absolute Gasteiger partial charge is 0.354 e. The van der Waals surface area contributed by atoms with Crippen LogP contribution >= 0.6 is 12.4 Å². The summed E-state index contributed by atoms with van der Waals surface area (Å²) in [6, 6.07) is 2.51. The molecule has 4 aliphatic carbocycles. The molecule has 1 aromatic heterocycles. The van der Waals surface area contributed by atoms with E-state index in [4.69, 9.17) is 0 Å². The third kappa shape index (κ3) is 4.14. The molecular weight excluding hydrogens is 493 g/mol. The Bertz CT molecular complexity index is 1030. The fourth-order valence-electron chi connectivity index (χ4n) is 6.72. The van der Waals surface area contributed by atoms with Gasteiger partial charge in [0.05, 0.1) is 17.4 Å². The molecular formula is C26H30ClF3N4O2. The zero-order valence-corrected chi connectivity index (χ0v) is 20.6. The van der Waals surface area contributed by atoms with Crippen LogP contribution in [0.2, 0.25) is 0 Å². The molecule has 6 aliphatic rings. The molecule has 7 rings (SSSR count). The summed E-state index contributed by atoms with van der Waals surface area (Å²) in [6.45, 7) is 4.38. The molecule has 0 N–H and O–H groups in total. The summed E-state index contributed by atoms with van der Waals surface area (Å²) >= 11 is 0. The van der Waals surface area contributed by atoms with Crippen LogP contribution in [0.4, 0.5) is 19.0 Å². The maximum absolute atomic E-state index is 13.1. The maximum Gasteiger partial charge on any atom is 0.417 e. The molecule has 0 radical (unpaired) electrons. The number of unbranched alkanes of at least 4 members (excludes halogenated alkanes) is 1. The quantitative estimate of drug-likeness (QED) is 0.324. The van der Waals surface area contributed by atoms with Crippen molar-refractivity contribution in [1.29, 1.82) is 0 Å². The summed E-state index contributed by atoms with van der Waals surface area (Å²) in [5.41, 5.74) is -0.734. The Kier molecular flexibility index (Phi) is 6.66. The standard InChI is InChI=1S/C26H29F3N4O2.ClH/c27-26(28,29)16-3-8-21(30-15-16)32-13-11-31(12-14-32)9-1-2-10-33-24(34)22-19-6-7-20(23(22)25(33)35)18-5-4-17(18)19;/h3-8,15,17-20,22-23H,1-2,9-14H2;1H. The number of nitrogens with zero attached hydrogens (tertiary/aromatic N) is 4. The first-order chi connectivity index (χ1) is 16.8. The highest BCUT2D eigenvalue weighted by Gasteiger charge is 2.62. The lowest BCUT2D eigenvalue weighted by Gasteiger charge is -2.51. The van der Waals surface area contributed by atoms with Crippen LogP contribution in [0.5, 0.6) is 0 Å². The summed E-state index contributed by atoms with van der Waals surface area (Å²) in [7, 11) is 0. The van der Waals surface area contributed by atoms with Crippen LogP contribution in [-0.2, 0) is 15.8 Å². The van der Waals surface area contributed by atoms with Gasteiger partial charge in [-0.3, -0.25) is 19.4 Å². The molecule has 3 heterocycles. The molecule has 1 aromatic rings. The second kappa shape index (κ2) is 9.49. The van der Waals surface area contributed by atoms with Crippen molar-refractivity contribution in [2.45, 2.75) is 19.0 Å². The first-order valence-corrected chi connectivity index (χ1v) is 12.6. The second-order valence-electron chi connectivity index (χ2n) is 10.4. The van der Waals surface area contributed by atoms with Crippen molar-refractivity contribution < 1.29 is 22.8 Å². The van der Waals surface area contributed by atoms with Crippen LogP contribution in [0.3, 0.4) is 0 Å². The number of amides is 2. The van der Waals surface area contributed by atoms with Crippen LogP contribution in [-0.4, -0.2) is 65.9 Å². The monoisotopic (exact) mass is 522 g/mol. The first kappa shape index (κ1) is 25.3. The predicted octanol–water partition coefficient (Wildman–Crippen LogP) is 3.64. The molecule has 194 valence electrons. The molecule has 0 spiro atoms. The highest BCUT2D eigenvalue weighted by atomic mass is 35.5. The lowest BCUT2D eigenvalue weighted by atomic mass is 9.50. The van der Waals surface area contributed by atoms with Crippen LogP contribution in [0.25, 0.3) is 0 Å². The van der Waals surface area contributed by atoms with Gasteiger partial charge in [0.25, 0.3) is 0 Å². The molecule has 0 aromatic carbocycles. The summed E-state index contributed by atoms with van der Waals surface area (Å²) in [4.78, 5) is 36.1. The normalized spacial score (nSPS) is 32.9. The molecule has 10 heteroatoms. The minimum absolute atomic E-state index is 0. The average molecular weight is 523 g/mol. The molecule has 1 saturated carbocycles. The van der Waals surface area contributed by atoms with E-state index >= 15 is 0 Å². The van der Waals surface area contributed by atoms with E-state index in [1.165, 1.54) is 11.0 Å². The number of halogens is 4.